The number of nitrogens with one attached hydrogen (secondary N) is 2. The van der Waals surface area contributed by atoms with E-state index in [1.807, 2.05) is 27.7 Å². The van der Waals surface area contributed by atoms with Crippen molar-refractivity contribution in [2.75, 3.05) is 41.0 Å². The van der Waals surface area contributed by atoms with E-state index in [0.29, 0.717) is 25.9 Å². The number of hydrogen-bond acceptors (Lipinski definition) is 12. The molecule has 13 nitrogen and oxygen atoms in total. The molecular formula is C28H53N3O10. The molecule has 240 valence electrons. The molecule has 0 saturated carbocycles. The Kier molecular flexibility index (Phi) is 13.9. The van der Waals surface area contributed by atoms with Crippen LogP contribution in [0, 0.1) is 11.3 Å². The molecule has 0 spiro atoms. The lowest BCUT2D eigenvalue weighted by molar-refractivity contribution is -0.321. The Morgan fingerprint density at radius 1 is 1.22 bits per heavy atom. The molecule has 13 heteroatoms. The largest absolute Gasteiger partial charge is 0.447 e. The first kappa shape index (κ1) is 35.8. The van der Waals surface area contributed by atoms with Crippen LogP contribution in [0.5, 0.6) is 0 Å². The van der Waals surface area contributed by atoms with Gasteiger partial charge in [0.1, 0.15) is 25.2 Å². The number of carbonyl (C=O) groups excluding carboxylic acids is 1. The van der Waals surface area contributed by atoms with Gasteiger partial charge in [0.05, 0.1) is 30.5 Å². The van der Waals surface area contributed by atoms with Gasteiger partial charge in [0.25, 0.3) is 0 Å². The van der Waals surface area contributed by atoms with Crippen molar-refractivity contribution in [2.45, 2.75) is 108 Å². The number of rotatable bonds is 15. The lowest BCUT2D eigenvalue weighted by Gasteiger charge is -2.49. The first-order valence-corrected chi connectivity index (χ1v) is 14.3. The van der Waals surface area contributed by atoms with E-state index >= 15 is 0 Å². The van der Waals surface area contributed by atoms with Crippen molar-refractivity contribution in [3.8, 4) is 0 Å². The number of aliphatic hydroxyl groups is 3. The second-order valence-corrected chi connectivity index (χ2v) is 11.7. The van der Waals surface area contributed by atoms with Gasteiger partial charge in [0, 0.05) is 58.5 Å². The molecular weight excluding hydrogens is 538 g/mol. The molecule has 2 fully saturated rings. The second kappa shape index (κ2) is 15.9. The average molecular weight is 592 g/mol. The van der Waals surface area contributed by atoms with Crippen LogP contribution in [-0.2, 0) is 28.4 Å². The van der Waals surface area contributed by atoms with Gasteiger partial charge in [-0.25, -0.2) is 4.79 Å². The van der Waals surface area contributed by atoms with Crippen molar-refractivity contribution in [1.82, 2.24) is 10.6 Å². The van der Waals surface area contributed by atoms with Gasteiger partial charge < -0.3 is 54.8 Å². The lowest BCUT2D eigenvalue weighted by atomic mass is 9.74. The normalized spacial score (nSPS) is 33.0. The summed E-state index contributed by atoms with van der Waals surface area (Å²) in [6.07, 6.45) is -5.95. The van der Waals surface area contributed by atoms with Crippen LogP contribution in [0.2, 0.25) is 0 Å². The maximum Gasteiger partial charge on any atom is 0.407 e. The van der Waals surface area contributed by atoms with Crippen molar-refractivity contribution in [2.24, 2.45) is 17.1 Å². The van der Waals surface area contributed by atoms with Crippen LogP contribution >= 0.6 is 0 Å². The topological polar surface area (TPSA) is 183 Å². The van der Waals surface area contributed by atoms with Crippen LogP contribution in [-0.4, -0.2) is 117 Å². The summed E-state index contributed by atoms with van der Waals surface area (Å²) in [7, 11) is 4.36. The van der Waals surface area contributed by atoms with Gasteiger partial charge in [-0.2, -0.15) is 0 Å². The summed E-state index contributed by atoms with van der Waals surface area (Å²) in [6, 6.07) is 0. The molecule has 2 unspecified atom stereocenters. The average Bonchev–Trinajstić information content (AvgIpc) is 2.94. The van der Waals surface area contributed by atoms with Crippen LogP contribution in [0.3, 0.4) is 0 Å². The van der Waals surface area contributed by atoms with E-state index < -0.39 is 60.3 Å². The molecule has 0 bridgehead atoms. The van der Waals surface area contributed by atoms with Crippen LogP contribution in [0.25, 0.3) is 0 Å². The molecule has 7 N–H and O–H groups in total. The quantitative estimate of drug-likeness (QED) is 0.0887. The summed E-state index contributed by atoms with van der Waals surface area (Å²) < 4.78 is 34.5. The van der Waals surface area contributed by atoms with Crippen LogP contribution in [0.15, 0.2) is 12.2 Å². The highest BCUT2D eigenvalue weighted by atomic mass is 16.7. The summed E-state index contributed by atoms with van der Waals surface area (Å²) in [6.45, 7) is 12.6. The molecule has 0 aliphatic carbocycles. The molecule has 2 saturated heterocycles. The number of carbonyl (C=O) groups is 1. The minimum atomic E-state index is -1.53. The Morgan fingerprint density at radius 3 is 2.46 bits per heavy atom. The maximum atomic E-state index is 12.0. The Bertz CT molecular complexity index is 833. The number of amides is 1. The lowest BCUT2D eigenvalue weighted by Crippen LogP contribution is -2.64. The van der Waals surface area contributed by atoms with E-state index in [9.17, 15) is 20.1 Å². The van der Waals surface area contributed by atoms with Gasteiger partial charge in [-0.3, -0.25) is 5.32 Å². The molecule has 0 radical (unpaired) electrons. The van der Waals surface area contributed by atoms with Crippen LogP contribution < -0.4 is 16.4 Å². The van der Waals surface area contributed by atoms with E-state index in [0.717, 1.165) is 5.57 Å². The highest BCUT2D eigenvalue weighted by molar-refractivity contribution is 5.67. The van der Waals surface area contributed by atoms with Gasteiger partial charge in [-0.1, -0.05) is 32.9 Å². The molecule has 0 aromatic carbocycles. The van der Waals surface area contributed by atoms with E-state index in [1.165, 1.54) is 21.3 Å². The van der Waals surface area contributed by atoms with E-state index in [-0.39, 0.29) is 31.5 Å². The standard InChI is InChI=1S/C28H53N3O10/c1-16-14-28(38-8,41-18(3)17(16)2)23(33)24(34)31-25(37-7)20-13-21(32)27(4,5)22(40-20)12-19(36-6)15-39-26(35)30-11-9-10-29/h17-25,31-34H,1,9-15,29H2,2-8H3,(H,30,35)/t17-,18-,19+,20?,21-,22-,23-,24?,25+,28-/m1/s1. The number of nitrogens with two attached hydrogens (primary N) is 1. The van der Waals surface area contributed by atoms with Crippen LogP contribution in [0.4, 0.5) is 4.79 Å². The fourth-order valence-electron chi connectivity index (χ4n) is 5.23. The van der Waals surface area contributed by atoms with Crippen molar-refractivity contribution >= 4 is 6.09 Å². The monoisotopic (exact) mass is 591 g/mol. The molecule has 10 atom stereocenters. The fraction of sp³-hybridized carbons (Fsp3) is 0.893. The Hall–Kier alpha value is -1.39. The number of methoxy groups -OCH3 is 3. The Balaban J connectivity index is 2.09. The van der Waals surface area contributed by atoms with Gasteiger partial charge in [0.15, 0.2) is 0 Å². The van der Waals surface area contributed by atoms with Gasteiger partial charge in [-0.05, 0) is 19.9 Å². The number of hydrogen-bond donors (Lipinski definition) is 6. The predicted octanol–water partition coefficient (Wildman–Crippen LogP) is 0.596. The van der Waals surface area contributed by atoms with Crippen molar-refractivity contribution < 1.29 is 48.5 Å². The summed E-state index contributed by atoms with van der Waals surface area (Å²) >= 11 is 0. The maximum absolute atomic E-state index is 12.0. The Labute approximate surface area is 244 Å². The van der Waals surface area contributed by atoms with E-state index in [2.05, 4.69) is 17.2 Å². The SMILES string of the molecule is C=C1C[C@](OC)([C@H](O)C(O)N[C@@H](OC)C2C[C@@H](O)C(C)(C)[C@@H](C[C@@H](COC(=O)NCCCN)OC)O2)O[C@H](C)[C@@H]1C. The fourth-order valence-corrected chi connectivity index (χ4v) is 5.23. The number of ether oxygens (including phenoxy) is 6. The summed E-state index contributed by atoms with van der Waals surface area (Å²) in [5.41, 5.74) is 5.61. The van der Waals surface area contributed by atoms with Crippen molar-refractivity contribution in [1.29, 1.82) is 0 Å². The van der Waals surface area contributed by atoms with Crippen molar-refractivity contribution in [3.63, 3.8) is 0 Å². The Morgan fingerprint density at radius 2 is 1.90 bits per heavy atom. The highest BCUT2D eigenvalue weighted by Gasteiger charge is 2.51. The molecule has 2 heterocycles. The van der Waals surface area contributed by atoms with Crippen LogP contribution in [0.1, 0.15) is 53.4 Å². The first-order valence-electron chi connectivity index (χ1n) is 14.3. The highest BCUT2D eigenvalue weighted by Crippen LogP contribution is 2.41. The van der Waals surface area contributed by atoms with Gasteiger partial charge in [0.2, 0.25) is 5.79 Å². The zero-order valence-corrected chi connectivity index (χ0v) is 25.6. The second-order valence-electron chi connectivity index (χ2n) is 11.7. The van der Waals surface area contributed by atoms with Gasteiger partial charge in [-0.15, -0.1) is 0 Å². The smallest absolute Gasteiger partial charge is 0.407 e. The van der Waals surface area contributed by atoms with E-state index in [4.69, 9.17) is 34.2 Å². The van der Waals surface area contributed by atoms with Crippen molar-refractivity contribution in [3.05, 3.63) is 12.2 Å². The zero-order chi connectivity index (χ0) is 31.0. The number of alkyl carbamates (subject to hydrolysis) is 1. The molecule has 0 aromatic rings. The van der Waals surface area contributed by atoms with Gasteiger partial charge >= 0.3 is 6.09 Å². The molecule has 0 aromatic heterocycles. The van der Waals surface area contributed by atoms with E-state index in [1.54, 1.807) is 0 Å². The molecule has 2 aliphatic rings. The summed E-state index contributed by atoms with van der Waals surface area (Å²) in [4.78, 5) is 12.0. The predicted molar refractivity (Wildman–Crippen MR) is 151 cm³/mol. The minimum absolute atomic E-state index is 0.0139. The third-order valence-electron chi connectivity index (χ3n) is 8.57. The summed E-state index contributed by atoms with van der Waals surface area (Å²) in [5.74, 6) is -1.44. The molecule has 2 aliphatic heterocycles. The molecule has 41 heavy (non-hydrogen) atoms. The zero-order valence-electron chi connectivity index (χ0n) is 25.6. The summed E-state index contributed by atoms with van der Waals surface area (Å²) in [5, 5.41) is 38.8. The number of aliphatic hydroxyl groups excluding tert-OH is 3. The third kappa shape index (κ3) is 9.05. The molecule has 1 amide bonds. The molecule has 2 rings (SSSR count). The first-order chi connectivity index (χ1) is 19.3. The third-order valence-corrected chi connectivity index (χ3v) is 8.57. The minimum Gasteiger partial charge on any atom is -0.447 e.